The second kappa shape index (κ2) is 6.21. The van der Waals surface area contributed by atoms with Gasteiger partial charge in [0, 0.05) is 18.9 Å². The number of halogens is 1. The first-order chi connectivity index (χ1) is 9.56. The van der Waals surface area contributed by atoms with Crippen molar-refractivity contribution in [1.82, 2.24) is 9.97 Å². The number of quaternary nitrogens is 1. The predicted molar refractivity (Wildman–Crippen MR) is 74.1 cm³/mol. The first kappa shape index (κ1) is 16.1. The molecule has 21 heavy (non-hydrogen) atoms. The Morgan fingerprint density at radius 1 is 1.24 bits per heavy atom. The number of aromatic nitrogens is 2. The van der Waals surface area contributed by atoms with Crippen LogP contribution in [0.5, 0.6) is 0 Å². The van der Waals surface area contributed by atoms with Crippen LogP contribution in [-0.4, -0.2) is 33.1 Å². The number of anilines is 1. The molecular weight excluding hydrogens is 336 g/mol. The van der Waals surface area contributed by atoms with Gasteiger partial charge in [0.1, 0.15) is 6.04 Å². The summed E-state index contributed by atoms with van der Waals surface area (Å²) in [5, 5.41) is 9.62. The van der Waals surface area contributed by atoms with E-state index < -0.39 is 0 Å². The topological polar surface area (TPSA) is 93.5 Å². The van der Waals surface area contributed by atoms with E-state index in [1.165, 1.54) is 0 Å². The van der Waals surface area contributed by atoms with Gasteiger partial charge in [-0.15, -0.1) is 0 Å². The Morgan fingerprint density at radius 3 is 2.57 bits per heavy atom. The minimum Gasteiger partial charge on any atom is -1.00 e. The molecule has 4 N–H and O–H groups in total. The monoisotopic (exact) mass is 354 g/mol. The van der Waals surface area contributed by atoms with Crippen molar-refractivity contribution in [2.75, 3.05) is 5.73 Å². The molecule has 0 bridgehead atoms. The van der Waals surface area contributed by atoms with E-state index in [0.717, 1.165) is 41.8 Å². The first-order valence-corrected chi connectivity index (χ1v) is 6.98. The lowest BCUT2D eigenvalue weighted by Crippen LogP contribution is -3.14. The molecule has 0 saturated heterocycles. The number of nitrogens with zero attached hydrogens (tertiary/aromatic N) is 2. The van der Waals surface area contributed by atoms with Crippen molar-refractivity contribution < 1.29 is 31.8 Å². The third-order valence-corrected chi connectivity index (χ3v) is 4.18. The summed E-state index contributed by atoms with van der Waals surface area (Å²) in [4.78, 5) is 21.5. The third-order valence-electron chi connectivity index (χ3n) is 4.18. The molecule has 1 saturated carbocycles. The predicted octanol–water partition coefficient (Wildman–Crippen LogP) is -3.26. The van der Waals surface area contributed by atoms with Gasteiger partial charge in [-0.05, 0) is 25.8 Å². The van der Waals surface area contributed by atoms with E-state index in [1.807, 2.05) is 6.92 Å². The summed E-state index contributed by atoms with van der Waals surface area (Å²) in [5.74, 6) is 0.901. The highest BCUT2D eigenvalue weighted by Crippen LogP contribution is 2.22. The van der Waals surface area contributed by atoms with Gasteiger partial charge in [0.2, 0.25) is 11.8 Å². The zero-order valence-corrected chi connectivity index (χ0v) is 13.4. The number of carbonyl (C=O) groups excluding carboxylic acids is 1. The Labute approximate surface area is 133 Å². The molecule has 1 atom stereocenters. The van der Waals surface area contributed by atoms with E-state index >= 15 is 0 Å². The molecule has 0 aromatic carbocycles. The summed E-state index contributed by atoms with van der Waals surface area (Å²) in [6, 6.07) is 0.156. The summed E-state index contributed by atoms with van der Waals surface area (Å²) in [5.41, 5.74) is 7.42. The van der Waals surface area contributed by atoms with Gasteiger partial charge in [-0.2, -0.15) is 4.98 Å². The summed E-state index contributed by atoms with van der Waals surface area (Å²) >= 11 is 0. The Hall–Kier alpha value is -1.31. The SMILES string of the molecule is Cc1nc(N)nc2c1C=CC(=O)[NH+]2C1CCC(O)CC1.[Br-]. The number of carbonyl (C=O) groups is 1. The maximum absolute atomic E-state index is 12.3. The number of fused-ring (bicyclic) bond motifs is 1. The molecule has 1 aliphatic carbocycles. The molecule has 1 aromatic rings. The second-order valence-corrected chi connectivity index (χ2v) is 5.55. The number of rotatable bonds is 1. The minimum atomic E-state index is -0.238. The van der Waals surface area contributed by atoms with Crippen molar-refractivity contribution in [1.29, 1.82) is 0 Å². The van der Waals surface area contributed by atoms with Crippen LogP contribution in [-0.2, 0) is 4.79 Å². The highest BCUT2D eigenvalue weighted by Gasteiger charge is 2.38. The van der Waals surface area contributed by atoms with Gasteiger partial charge in [-0.25, -0.2) is 14.7 Å². The average molecular weight is 355 g/mol. The number of nitrogen functional groups attached to an aromatic ring is 1. The molecule has 114 valence electrons. The fourth-order valence-electron chi connectivity index (χ4n) is 3.13. The largest absolute Gasteiger partial charge is 1.00 e. The standard InChI is InChI=1S/C14H18N4O2.BrH/c1-8-11-6-7-12(20)18(13(11)17-14(15)16-8)9-2-4-10(19)5-3-9;/h6-7,9-10,19H,2-5H2,1H3,(H2,15,16,17);1H. The van der Waals surface area contributed by atoms with Crippen LogP contribution in [0.4, 0.5) is 11.8 Å². The van der Waals surface area contributed by atoms with Crippen molar-refractivity contribution in [3.05, 3.63) is 17.3 Å². The van der Waals surface area contributed by atoms with Gasteiger partial charge in [-0.1, -0.05) is 0 Å². The highest BCUT2D eigenvalue weighted by molar-refractivity contribution is 5.90. The highest BCUT2D eigenvalue weighted by atomic mass is 79.9. The molecule has 1 amide bonds. The number of nitrogens with two attached hydrogens (primary N) is 1. The van der Waals surface area contributed by atoms with E-state index in [4.69, 9.17) is 5.73 Å². The number of amides is 1. The lowest BCUT2D eigenvalue weighted by atomic mass is 9.91. The van der Waals surface area contributed by atoms with E-state index in [2.05, 4.69) is 9.97 Å². The van der Waals surface area contributed by atoms with Crippen molar-refractivity contribution in [3.8, 4) is 0 Å². The number of aliphatic hydroxyl groups is 1. The Balaban J connectivity index is 0.00000161. The van der Waals surface area contributed by atoms with Crippen molar-refractivity contribution >= 4 is 23.7 Å². The smallest absolute Gasteiger partial charge is 0.343 e. The number of hydrogen-bond donors (Lipinski definition) is 3. The summed E-state index contributed by atoms with van der Waals surface area (Å²) in [7, 11) is 0. The van der Waals surface area contributed by atoms with Gasteiger partial charge in [0.15, 0.2) is 0 Å². The molecule has 1 unspecified atom stereocenters. The molecular formula is C14H19BrN4O2. The fourth-order valence-corrected chi connectivity index (χ4v) is 3.13. The molecule has 0 spiro atoms. The van der Waals surface area contributed by atoms with E-state index in [1.54, 1.807) is 12.2 Å². The second-order valence-electron chi connectivity index (χ2n) is 5.55. The van der Waals surface area contributed by atoms with Crippen molar-refractivity contribution in [3.63, 3.8) is 0 Å². The lowest BCUT2D eigenvalue weighted by Gasteiger charge is -2.31. The van der Waals surface area contributed by atoms with Crippen LogP contribution >= 0.6 is 0 Å². The molecule has 2 aliphatic rings. The van der Waals surface area contributed by atoms with Gasteiger partial charge >= 0.3 is 5.91 Å². The molecule has 2 heterocycles. The van der Waals surface area contributed by atoms with Crippen LogP contribution in [0.15, 0.2) is 6.08 Å². The lowest BCUT2D eigenvalue weighted by molar-refractivity contribution is -0.782. The van der Waals surface area contributed by atoms with E-state index in [9.17, 15) is 9.90 Å². The number of aliphatic hydroxyl groups excluding tert-OH is 1. The minimum absolute atomic E-state index is 0. The zero-order chi connectivity index (χ0) is 14.3. The fraction of sp³-hybridized carbons (Fsp3) is 0.500. The van der Waals surface area contributed by atoms with Crippen molar-refractivity contribution in [2.24, 2.45) is 0 Å². The van der Waals surface area contributed by atoms with Gasteiger partial charge in [-0.3, -0.25) is 0 Å². The third kappa shape index (κ3) is 3.00. The number of nitrogens with one attached hydrogen (secondary N) is 1. The Bertz CT molecular complexity index is 583. The molecule has 3 rings (SSSR count). The maximum atomic E-state index is 12.3. The molecule has 1 aromatic heterocycles. The Morgan fingerprint density at radius 2 is 1.90 bits per heavy atom. The van der Waals surface area contributed by atoms with Gasteiger partial charge < -0.3 is 27.8 Å². The zero-order valence-electron chi connectivity index (χ0n) is 11.8. The summed E-state index contributed by atoms with van der Waals surface area (Å²) in [6.07, 6.45) is 6.23. The van der Waals surface area contributed by atoms with Crippen LogP contribution in [0.25, 0.3) is 6.08 Å². The van der Waals surface area contributed by atoms with Crippen LogP contribution in [0, 0.1) is 6.92 Å². The molecule has 1 aliphatic heterocycles. The van der Waals surface area contributed by atoms with Crippen LogP contribution in [0.3, 0.4) is 0 Å². The number of aryl methyl sites for hydroxylation is 1. The number of hydrogen-bond acceptors (Lipinski definition) is 5. The molecule has 6 nitrogen and oxygen atoms in total. The molecule has 1 fully saturated rings. The van der Waals surface area contributed by atoms with Crippen LogP contribution in [0.2, 0.25) is 0 Å². The van der Waals surface area contributed by atoms with Gasteiger partial charge in [0.25, 0.3) is 0 Å². The Kier molecular flexibility index (Phi) is 4.75. The average Bonchev–Trinajstić information content (AvgIpc) is 2.40. The quantitative estimate of drug-likeness (QED) is 0.492. The first-order valence-electron chi connectivity index (χ1n) is 6.98. The molecule has 7 heteroatoms. The molecule has 0 radical (unpaired) electrons. The summed E-state index contributed by atoms with van der Waals surface area (Å²) in [6.45, 7) is 1.87. The van der Waals surface area contributed by atoms with E-state index in [0.29, 0.717) is 5.82 Å². The normalized spacial score (nSPS) is 27.9. The maximum Gasteiger partial charge on any atom is 0.343 e. The summed E-state index contributed by atoms with van der Waals surface area (Å²) < 4.78 is 0. The van der Waals surface area contributed by atoms with E-state index in [-0.39, 0.29) is 41.0 Å². The van der Waals surface area contributed by atoms with Gasteiger partial charge in [0.05, 0.1) is 17.4 Å². The van der Waals surface area contributed by atoms with Crippen molar-refractivity contribution in [2.45, 2.75) is 44.8 Å². The van der Waals surface area contributed by atoms with Crippen LogP contribution in [0.1, 0.15) is 36.9 Å². The van der Waals surface area contributed by atoms with Crippen LogP contribution < -0.4 is 27.6 Å².